The average molecular weight is 638 g/mol. The number of unbranched alkanes of at least 4 members (excludes halogenated alkanes) is 1. The summed E-state index contributed by atoms with van der Waals surface area (Å²) in [5.41, 5.74) is 5.71. The van der Waals surface area contributed by atoms with Crippen molar-refractivity contribution < 1.29 is 34.1 Å². The number of nitrogens with zero attached hydrogens (tertiary/aromatic N) is 1. The number of hydrogen-bond acceptors (Lipinski definition) is 8. The number of hydrazine groups is 1. The fourth-order valence-electron chi connectivity index (χ4n) is 6.04. The van der Waals surface area contributed by atoms with Crippen LogP contribution in [0.15, 0.2) is 109 Å². The average Bonchev–Trinajstić information content (AvgIpc) is 3.42. The second kappa shape index (κ2) is 15.5. The Hall–Kier alpha value is -5.03. The summed E-state index contributed by atoms with van der Waals surface area (Å²) in [7, 11) is 0. The molecule has 10 nitrogen and oxygen atoms in total. The highest BCUT2D eigenvalue weighted by Gasteiger charge is 2.51. The number of carbonyl (C=O) groups is 3. The summed E-state index contributed by atoms with van der Waals surface area (Å²) in [6, 6.07) is 30.5. The van der Waals surface area contributed by atoms with Gasteiger partial charge in [-0.25, -0.2) is 20.4 Å². The second-order valence-electron chi connectivity index (χ2n) is 11.5. The summed E-state index contributed by atoms with van der Waals surface area (Å²) in [6.45, 7) is -0.0790. The second-order valence-corrected chi connectivity index (χ2v) is 11.5. The van der Waals surface area contributed by atoms with Gasteiger partial charge in [0, 0.05) is 5.92 Å². The molecule has 1 aliphatic carbocycles. The van der Waals surface area contributed by atoms with Gasteiger partial charge in [-0.15, -0.1) is 0 Å². The minimum atomic E-state index is -3.07. The van der Waals surface area contributed by atoms with E-state index in [2.05, 4.69) is 5.32 Å². The lowest BCUT2D eigenvalue weighted by Crippen LogP contribution is -2.68. The normalized spacial score (nSPS) is 13.5. The van der Waals surface area contributed by atoms with E-state index in [1.165, 1.54) is 0 Å². The minimum absolute atomic E-state index is 0.0453. The zero-order valence-corrected chi connectivity index (χ0v) is 25.9. The van der Waals surface area contributed by atoms with E-state index in [1.807, 2.05) is 78.9 Å². The smallest absolute Gasteiger partial charge is 0.424 e. The minimum Gasteiger partial charge on any atom is -0.463 e. The van der Waals surface area contributed by atoms with Crippen molar-refractivity contribution in [2.24, 2.45) is 5.84 Å². The van der Waals surface area contributed by atoms with Gasteiger partial charge in [0.1, 0.15) is 12.6 Å². The molecule has 4 aromatic carbocycles. The van der Waals surface area contributed by atoms with Crippen molar-refractivity contribution in [2.75, 3.05) is 13.2 Å². The number of amides is 2. The summed E-state index contributed by atoms with van der Waals surface area (Å²) in [4.78, 5) is 38.3. The third kappa shape index (κ3) is 7.86. The lowest BCUT2D eigenvalue weighted by atomic mass is 9.92. The molecule has 0 fully saturated rings. The van der Waals surface area contributed by atoms with Gasteiger partial charge in [0.15, 0.2) is 6.04 Å². The lowest BCUT2D eigenvalue weighted by molar-refractivity contribution is -0.227. The molecule has 0 saturated heterocycles. The quantitative estimate of drug-likeness (QED) is 0.0290. The molecule has 0 spiro atoms. The van der Waals surface area contributed by atoms with E-state index in [0.717, 1.165) is 40.7 Å². The Labute approximate surface area is 273 Å². The number of hydrogen-bond donors (Lipinski definition) is 4. The van der Waals surface area contributed by atoms with Crippen molar-refractivity contribution in [1.82, 2.24) is 10.3 Å². The number of fused-ring (bicyclic) bond motifs is 3. The molecule has 0 heterocycles. The molecular weight excluding hydrogens is 598 g/mol. The van der Waals surface area contributed by atoms with Crippen molar-refractivity contribution in [1.29, 1.82) is 0 Å². The maximum absolute atomic E-state index is 13.5. The first-order chi connectivity index (χ1) is 22.8. The van der Waals surface area contributed by atoms with Crippen molar-refractivity contribution in [3.05, 3.63) is 131 Å². The molecule has 0 bridgehead atoms. The van der Waals surface area contributed by atoms with E-state index >= 15 is 0 Å². The predicted octanol–water partition coefficient (Wildman–Crippen LogP) is 4.08. The van der Waals surface area contributed by atoms with Gasteiger partial charge in [0.05, 0.1) is 6.61 Å². The first-order valence-corrected chi connectivity index (χ1v) is 15.6. The number of nitrogens with one attached hydrogen (secondary N) is 1. The van der Waals surface area contributed by atoms with Gasteiger partial charge in [-0.3, -0.25) is 4.79 Å². The van der Waals surface area contributed by atoms with E-state index in [4.69, 9.17) is 15.3 Å². The van der Waals surface area contributed by atoms with E-state index in [0.29, 0.717) is 17.0 Å². The Balaban J connectivity index is 1.29. The molecule has 2 atom stereocenters. The molecule has 244 valence electrons. The number of aryl methyl sites for hydroxylation is 1. The molecule has 5 N–H and O–H groups in total. The largest absolute Gasteiger partial charge is 0.463 e. The van der Waals surface area contributed by atoms with Crippen LogP contribution in [0.1, 0.15) is 41.0 Å². The number of rotatable bonds is 15. The van der Waals surface area contributed by atoms with Crippen molar-refractivity contribution in [3.63, 3.8) is 0 Å². The third-order valence-electron chi connectivity index (χ3n) is 8.49. The fourth-order valence-corrected chi connectivity index (χ4v) is 6.04. The molecule has 2 unspecified atom stereocenters. The van der Waals surface area contributed by atoms with Gasteiger partial charge in [-0.1, -0.05) is 109 Å². The van der Waals surface area contributed by atoms with Gasteiger partial charge in [-0.05, 0) is 59.1 Å². The molecule has 5 rings (SSSR count). The zero-order chi connectivity index (χ0) is 33.2. The number of benzene rings is 4. The Bertz CT molecular complexity index is 1600. The molecule has 2 amide bonds. The van der Waals surface area contributed by atoms with Gasteiger partial charge < -0.3 is 25.0 Å². The molecule has 10 heteroatoms. The van der Waals surface area contributed by atoms with Gasteiger partial charge in [0.25, 0.3) is 0 Å². The van der Waals surface area contributed by atoms with Crippen molar-refractivity contribution >= 4 is 18.5 Å². The van der Waals surface area contributed by atoms with Crippen LogP contribution in [0.5, 0.6) is 0 Å². The van der Waals surface area contributed by atoms with Crippen LogP contribution in [-0.2, 0) is 31.9 Å². The SMILES string of the molecule is NN(C(=O)OCCCCc1ccccc1)C(Cc1ccccc1)C(O)(O)C(NC=O)C(=O)OCC1c2ccccc2-c2ccccc21. The summed E-state index contributed by atoms with van der Waals surface area (Å²) in [5, 5.41) is 25.9. The van der Waals surface area contributed by atoms with Crippen LogP contribution in [0, 0.1) is 0 Å². The van der Waals surface area contributed by atoms with Crippen LogP contribution >= 0.6 is 0 Å². The van der Waals surface area contributed by atoms with Crippen molar-refractivity contribution in [3.8, 4) is 11.1 Å². The molecule has 1 aliphatic rings. The third-order valence-corrected chi connectivity index (χ3v) is 8.49. The van der Waals surface area contributed by atoms with E-state index in [9.17, 15) is 24.6 Å². The van der Waals surface area contributed by atoms with Gasteiger partial charge in [-0.2, -0.15) is 0 Å². The Morgan fingerprint density at radius 3 is 1.96 bits per heavy atom. The molecule has 0 aliphatic heterocycles. The van der Waals surface area contributed by atoms with Crippen LogP contribution in [0.25, 0.3) is 11.1 Å². The van der Waals surface area contributed by atoms with Crippen LogP contribution < -0.4 is 11.2 Å². The summed E-state index contributed by atoms with van der Waals surface area (Å²) in [5.74, 6) is 1.70. The fraction of sp³-hybridized carbons (Fsp3) is 0.270. The van der Waals surface area contributed by atoms with Crippen LogP contribution in [0.2, 0.25) is 0 Å². The number of nitrogens with two attached hydrogens (primary N) is 1. The Kier molecular flexibility index (Phi) is 11.0. The highest BCUT2D eigenvalue weighted by molar-refractivity contribution is 5.81. The molecule has 47 heavy (non-hydrogen) atoms. The number of aliphatic hydroxyl groups is 2. The molecule has 4 aromatic rings. The lowest BCUT2D eigenvalue weighted by Gasteiger charge is -2.39. The van der Waals surface area contributed by atoms with Gasteiger partial charge in [0.2, 0.25) is 12.2 Å². The van der Waals surface area contributed by atoms with Crippen molar-refractivity contribution in [2.45, 2.75) is 49.5 Å². The molecule has 0 saturated carbocycles. The van der Waals surface area contributed by atoms with Crippen LogP contribution in [-0.4, -0.2) is 64.8 Å². The van der Waals surface area contributed by atoms with Crippen LogP contribution in [0.3, 0.4) is 0 Å². The zero-order valence-electron chi connectivity index (χ0n) is 25.9. The van der Waals surface area contributed by atoms with E-state index < -0.39 is 29.9 Å². The Morgan fingerprint density at radius 1 is 0.809 bits per heavy atom. The topological polar surface area (TPSA) is 151 Å². The number of esters is 1. The molecule has 0 radical (unpaired) electrons. The monoisotopic (exact) mass is 637 g/mol. The van der Waals surface area contributed by atoms with Gasteiger partial charge >= 0.3 is 12.1 Å². The maximum atomic E-state index is 13.5. The standard InChI is InChI=1S/C37H39N3O7/c38-40(36(43)46-22-12-11-15-26-13-3-1-4-14-26)33(23-27-16-5-2-6-17-27)37(44,45)34(39-25-41)35(42)47-24-32-30-20-9-7-18-28(30)29-19-8-10-21-31(29)32/h1-10,13-14,16-21,25,32-34,44-45H,11-12,15,22-24,38H2,(H,39,41). The maximum Gasteiger partial charge on any atom is 0.424 e. The number of carbonyl (C=O) groups excluding carboxylic acids is 3. The molecular formula is C37H39N3O7. The first kappa shape index (κ1) is 33.3. The summed E-state index contributed by atoms with van der Waals surface area (Å²) in [6.07, 6.45) is 1.08. The molecule has 0 aromatic heterocycles. The first-order valence-electron chi connectivity index (χ1n) is 15.6. The van der Waals surface area contributed by atoms with E-state index in [-0.39, 0.29) is 32.0 Å². The summed E-state index contributed by atoms with van der Waals surface area (Å²) >= 11 is 0. The Morgan fingerprint density at radius 2 is 1.36 bits per heavy atom. The highest BCUT2D eigenvalue weighted by Crippen LogP contribution is 2.44. The predicted molar refractivity (Wildman–Crippen MR) is 176 cm³/mol. The number of ether oxygens (including phenoxy) is 2. The van der Waals surface area contributed by atoms with E-state index in [1.54, 1.807) is 30.3 Å². The van der Waals surface area contributed by atoms with Crippen LogP contribution in [0.4, 0.5) is 4.79 Å². The summed E-state index contributed by atoms with van der Waals surface area (Å²) < 4.78 is 11.0. The highest BCUT2D eigenvalue weighted by atomic mass is 16.6.